The molecule has 0 radical (unpaired) electrons. The summed E-state index contributed by atoms with van der Waals surface area (Å²) in [7, 11) is 0. The summed E-state index contributed by atoms with van der Waals surface area (Å²) < 4.78 is 22.0. The van der Waals surface area contributed by atoms with Crippen LogP contribution < -0.4 is 0 Å². The third kappa shape index (κ3) is 3.53. The topological polar surface area (TPSA) is 43.5 Å². The zero-order valence-electron chi connectivity index (χ0n) is 14.7. The molecule has 2 heterocycles. The summed E-state index contributed by atoms with van der Waals surface area (Å²) >= 11 is 0. The van der Waals surface area contributed by atoms with Crippen molar-refractivity contribution in [3.05, 3.63) is 0 Å². The number of fused-ring (bicyclic) bond motifs is 5. The summed E-state index contributed by atoms with van der Waals surface area (Å²) in [6, 6.07) is 0. The van der Waals surface area contributed by atoms with Crippen LogP contribution >= 0.6 is 0 Å². The van der Waals surface area contributed by atoms with Crippen molar-refractivity contribution in [2.45, 2.75) is 50.7 Å². The summed E-state index contributed by atoms with van der Waals surface area (Å²) in [6.45, 7) is 5.36. The fourth-order valence-corrected chi connectivity index (χ4v) is 6.14. The summed E-state index contributed by atoms with van der Waals surface area (Å²) in [4.78, 5) is 0. The van der Waals surface area contributed by atoms with E-state index in [4.69, 9.17) is 18.9 Å². The highest BCUT2D eigenvalue weighted by Gasteiger charge is 2.55. The maximum absolute atomic E-state index is 5.80. The molecule has 2 saturated heterocycles. The molecule has 4 heteroatoms. The first-order chi connectivity index (χ1) is 11.9. The van der Waals surface area contributed by atoms with Gasteiger partial charge in [-0.2, -0.15) is 0 Å². The molecule has 0 spiro atoms. The molecule has 0 N–H and O–H groups in total. The second kappa shape index (κ2) is 6.86. The average Bonchev–Trinajstić information content (AvgIpc) is 3.47. The Morgan fingerprint density at radius 2 is 1.38 bits per heavy atom. The SMILES string of the molecule is C(CC1CC2C3CC(CCOCC4CO4)C(C3)C2C1)OCC1CO1. The van der Waals surface area contributed by atoms with Crippen LogP contribution in [0.2, 0.25) is 0 Å². The van der Waals surface area contributed by atoms with Crippen LogP contribution in [0, 0.1) is 35.5 Å². The van der Waals surface area contributed by atoms with E-state index in [-0.39, 0.29) is 0 Å². The van der Waals surface area contributed by atoms with Crippen LogP contribution in [0.3, 0.4) is 0 Å². The van der Waals surface area contributed by atoms with Gasteiger partial charge in [0.25, 0.3) is 0 Å². The van der Waals surface area contributed by atoms with E-state index in [0.717, 1.165) is 75.1 Å². The fourth-order valence-electron chi connectivity index (χ4n) is 6.14. The van der Waals surface area contributed by atoms with Crippen molar-refractivity contribution in [3.63, 3.8) is 0 Å². The number of epoxide rings is 2. The lowest BCUT2D eigenvalue weighted by Gasteiger charge is -2.31. The predicted molar refractivity (Wildman–Crippen MR) is 89.8 cm³/mol. The zero-order chi connectivity index (χ0) is 15.9. The Balaban J connectivity index is 1.03. The Hall–Kier alpha value is -0.160. The third-order valence-corrected chi connectivity index (χ3v) is 7.42. The van der Waals surface area contributed by atoms with E-state index >= 15 is 0 Å². The van der Waals surface area contributed by atoms with Gasteiger partial charge < -0.3 is 18.9 Å². The van der Waals surface area contributed by atoms with Gasteiger partial charge >= 0.3 is 0 Å². The van der Waals surface area contributed by atoms with Gasteiger partial charge in [-0.3, -0.25) is 0 Å². The smallest absolute Gasteiger partial charge is 0.104 e. The first-order valence-electron chi connectivity index (χ1n) is 10.3. The van der Waals surface area contributed by atoms with Crippen molar-refractivity contribution in [1.82, 2.24) is 0 Å². The minimum Gasteiger partial charge on any atom is -0.379 e. The van der Waals surface area contributed by atoms with Crippen LogP contribution in [-0.2, 0) is 18.9 Å². The Kier molecular flexibility index (Phi) is 4.59. The highest BCUT2D eigenvalue weighted by Crippen LogP contribution is 2.63. The molecule has 0 aromatic carbocycles. The van der Waals surface area contributed by atoms with E-state index < -0.39 is 0 Å². The lowest BCUT2D eigenvalue weighted by molar-refractivity contribution is 0.0846. The van der Waals surface area contributed by atoms with Crippen LogP contribution in [0.5, 0.6) is 0 Å². The summed E-state index contributed by atoms with van der Waals surface area (Å²) in [5, 5.41) is 0. The van der Waals surface area contributed by atoms with Crippen molar-refractivity contribution in [1.29, 1.82) is 0 Å². The molecule has 4 nitrogen and oxygen atoms in total. The molecule has 0 aromatic rings. The van der Waals surface area contributed by atoms with Crippen molar-refractivity contribution >= 4 is 0 Å². The van der Waals surface area contributed by atoms with E-state index in [1.54, 1.807) is 0 Å². The molecule has 8 atom stereocenters. The summed E-state index contributed by atoms with van der Waals surface area (Å²) in [5.41, 5.74) is 0. The van der Waals surface area contributed by atoms with Gasteiger partial charge in [0, 0.05) is 13.2 Å². The van der Waals surface area contributed by atoms with Crippen molar-refractivity contribution in [2.24, 2.45) is 35.5 Å². The lowest BCUT2D eigenvalue weighted by atomic mass is 9.75. The Bertz CT molecular complexity index is 433. The van der Waals surface area contributed by atoms with Gasteiger partial charge in [-0.05, 0) is 74.0 Å². The molecule has 5 fully saturated rings. The standard InChI is InChI=1S/C20H32O4/c1(3-21-9-16-11-23-16)13-5-18-15-7-14(19(8-15)20(18)6-13)2-4-22-10-17-12-24-17/h13-20H,1-12H2. The lowest BCUT2D eigenvalue weighted by Crippen LogP contribution is -2.25. The second-order valence-electron chi connectivity index (χ2n) is 8.96. The second-order valence-corrected chi connectivity index (χ2v) is 8.96. The van der Waals surface area contributed by atoms with Gasteiger partial charge in [0.1, 0.15) is 12.2 Å². The molecule has 136 valence electrons. The molecule has 2 aliphatic heterocycles. The van der Waals surface area contributed by atoms with E-state index in [9.17, 15) is 0 Å². The molecular formula is C20H32O4. The molecule has 24 heavy (non-hydrogen) atoms. The van der Waals surface area contributed by atoms with Gasteiger partial charge in [0.15, 0.2) is 0 Å². The molecule has 2 bridgehead atoms. The highest BCUT2D eigenvalue weighted by molar-refractivity contribution is 5.04. The number of hydrogen-bond donors (Lipinski definition) is 0. The van der Waals surface area contributed by atoms with E-state index in [1.165, 1.54) is 38.5 Å². The molecule has 0 aromatic heterocycles. The summed E-state index contributed by atoms with van der Waals surface area (Å²) in [6.07, 6.45) is 9.35. The van der Waals surface area contributed by atoms with Crippen molar-refractivity contribution in [3.8, 4) is 0 Å². The summed E-state index contributed by atoms with van der Waals surface area (Å²) in [5.74, 6) is 5.97. The van der Waals surface area contributed by atoms with Crippen LogP contribution in [0.15, 0.2) is 0 Å². The molecule has 3 aliphatic carbocycles. The number of hydrogen-bond acceptors (Lipinski definition) is 4. The Morgan fingerprint density at radius 3 is 2.08 bits per heavy atom. The van der Waals surface area contributed by atoms with E-state index in [2.05, 4.69) is 0 Å². The molecule has 5 aliphatic rings. The maximum Gasteiger partial charge on any atom is 0.104 e. The van der Waals surface area contributed by atoms with Crippen molar-refractivity contribution in [2.75, 3.05) is 39.6 Å². The fraction of sp³-hybridized carbons (Fsp3) is 1.00. The quantitative estimate of drug-likeness (QED) is 0.454. The monoisotopic (exact) mass is 336 g/mol. The minimum atomic E-state index is 0.415. The van der Waals surface area contributed by atoms with Gasteiger partial charge in [0.2, 0.25) is 0 Å². The minimum absolute atomic E-state index is 0.415. The maximum atomic E-state index is 5.80. The van der Waals surface area contributed by atoms with Gasteiger partial charge in [-0.1, -0.05) is 0 Å². The number of ether oxygens (including phenoxy) is 4. The molecule has 3 saturated carbocycles. The third-order valence-electron chi connectivity index (χ3n) is 7.42. The van der Waals surface area contributed by atoms with Gasteiger partial charge in [-0.25, -0.2) is 0 Å². The Morgan fingerprint density at radius 1 is 0.708 bits per heavy atom. The van der Waals surface area contributed by atoms with Crippen LogP contribution in [0.25, 0.3) is 0 Å². The largest absolute Gasteiger partial charge is 0.379 e. The zero-order valence-corrected chi connectivity index (χ0v) is 14.7. The molecule has 0 amide bonds. The van der Waals surface area contributed by atoms with Crippen LogP contribution in [-0.4, -0.2) is 51.8 Å². The van der Waals surface area contributed by atoms with Gasteiger partial charge in [-0.15, -0.1) is 0 Å². The van der Waals surface area contributed by atoms with Crippen LogP contribution in [0.1, 0.15) is 38.5 Å². The van der Waals surface area contributed by atoms with Crippen molar-refractivity contribution < 1.29 is 18.9 Å². The first kappa shape index (κ1) is 16.0. The van der Waals surface area contributed by atoms with E-state index in [1.807, 2.05) is 0 Å². The van der Waals surface area contributed by atoms with E-state index in [0.29, 0.717) is 12.2 Å². The van der Waals surface area contributed by atoms with Gasteiger partial charge in [0.05, 0.1) is 26.4 Å². The molecule has 5 rings (SSSR count). The first-order valence-corrected chi connectivity index (χ1v) is 10.3. The normalized spacial score (nSPS) is 48.0. The average molecular weight is 336 g/mol. The van der Waals surface area contributed by atoms with Crippen LogP contribution in [0.4, 0.5) is 0 Å². The highest BCUT2D eigenvalue weighted by atomic mass is 16.6. The number of rotatable bonds is 10. The predicted octanol–water partition coefficient (Wildman–Crippen LogP) is 2.90. The Labute approximate surface area is 145 Å². The molecule has 8 unspecified atom stereocenters. The molecular weight excluding hydrogens is 304 g/mol.